The molecule has 3 rings (SSSR count). The minimum absolute atomic E-state index is 0.797. The van der Waals surface area contributed by atoms with Crippen LogP contribution in [0.2, 0.25) is 0 Å². The lowest BCUT2D eigenvalue weighted by Gasteiger charge is -2.03. The fourth-order valence-electron chi connectivity index (χ4n) is 2.25. The van der Waals surface area contributed by atoms with E-state index in [4.69, 9.17) is 30.6 Å². The van der Waals surface area contributed by atoms with Crippen molar-refractivity contribution in [1.82, 2.24) is 0 Å². The molecule has 2 aromatic heterocycles. The van der Waals surface area contributed by atoms with Gasteiger partial charge in [0.05, 0.1) is 22.6 Å². The number of rotatable bonds is 6. The number of aromatic nitrogens is 2. The SMILES string of the molecule is O=[N+]([O-])[O-].O=[N+]([O-])[O-].c1ccc(NCc2cccc(CNc3cccc[nH+]3)c2)[nH+]c1. The molecular formula is C18H20N6O6. The molecule has 0 saturated heterocycles. The number of hydrogen-bond donors (Lipinski definition) is 2. The van der Waals surface area contributed by atoms with Crippen molar-refractivity contribution in [3.05, 3.63) is 115 Å². The van der Waals surface area contributed by atoms with Gasteiger partial charge in [0, 0.05) is 12.1 Å². The molecule has 0 bridgehead atoms. The third kappa shape index (κ3) is 12.0. The van der Waals surface area contributed by atoms with E-state index in [-0.39, 0.29) is 0 Å². The number of anilines is 2. The maximum absolute atomic E-state index is 8.25. The van der Waals surface area contributed by atoms with Crippen LogP contribution in [0.4, 0.5) is 11.6 Å². The van der Waals surface area contributed by atoms with Crippen molar-refractivity contribution >= 4 is 11.6 Å². The first-order chi connectivity index (χ1) is 14.4. The molecule has 0 amide bonds. The highest BCUT2D eigenvalue weighted by molar-refractivity contribution is 5.33. The van der Waals surface area contributed by atoms with Gasteiger partial charge in [-0.3, -0.25) is 10.6 Å². The second-order valence-corrected chi connectivity index (χ2v) is 5.53. The second kappa shape index (κ2) is 13.7. The number of aromatic amines is 2. The van der Waals surface area contributed by atoms with Crippen LogP contribution >= 0.6 is 0 Å². The van der Waals surface area contributed by atoms with E-state index in [0.29, 0.717) is 0 Å². The standard InChI is InChI=1S/C18H18N4.2NO3/c1-3-10-19-17(8-1)21-13-15-6-5-7-16(12-15)14-22-18-9-2-4-11-20-18;2*2-1(3)4/h1-12H,13-14H2,(H,19,21)(H,20,22);;/q;2*-1/p+2. The van der Waals surface area contributed by atoms with E-state index in [1.807, 2.05) is 48.8 Å². The smallest absolute Gasteiger partial charge is 0.272 e. The Balaban J connectivity index is 0.000000485. The molecule has 12 nitrogen and oxygen atoms in total. The molecule has 0 saturated carbocycles. The van der Waals surface area contributed by atoms with Crippen LogP contribution in [0.3, 0.4) is 0 Å². The summed E-state index contributed by atoms with van der Waals surface area (Å²) in [6.45, 7) is 1.59. The molecule has 158 valence electrons. The van der Waals surface area contributed by atoms with Gasteiger partial charge < -0.3 is 30.6 Å². The minimum atomic E-state index is -1.75. The Morgan fingerprint density at radius 2 is 1.07 bits per heavy atom. The average molecular weight is 416 g/mol. The van der Waals surface area contributed by atoms with E-state index in [1.54, 1.807) is 0 Å². The predicted octanol–water partition coefficient (Wildman–Crippen LogP) is 2.06. The Morgan fingerprint density at radius 1 is 0.667 bits per heavy atom. The third-order valence-corrected chi connectivity index (χ3v) is 3.38. The van der Waals surface area contributed by atoms with Crippen molar-refractivity contribution < 1.29 is 20.1 Å². The van der Waals surface area contributed by atoms with Crippen LogP contribution in [-0.4, -0.2) is 10.2 Å². The highest BCUT2D eigenvalue weighted by Crippen LogP contribution is 2.09. The summed E-state index contributed by atoms with van der Waals surface area (Å²) in [7, 11) is 0. The molecule has 4 N–H and O–H groups in total. The summed E-state index contributed by atoms with van der Waals surface area (Å²) in [6, 6.07) is 20.6. The van der Waals surface area contributed by atoms with Gasteiger partial charge in [0.2, 0.25) is 0 Å². The third-order valence-electron chi connectivity index (χ3n) is 3.38. The van der Waals surface area contributed by atoms with Gasteiger partial charge in [-0.2, -0.15) is 0 Å². The Labute approximate surface area is 171 Å². The van der Waals surface area contributed by atoms with Crippen LogP contribution in [0.15, 0.2) is 73.1 Å². The monoisotopic (exact) mass is 416 g/mol. The molecule has 0 radical (unpaired) electrons. The molecular weight excluding hydrogens is 396 g/mol. The summed E-state index contributed by atoms with van der Waals surface area (Å²) < 4.78 is 0. The lowest BCUT2D eigenvalue weighted by molar-refractivity contribution is -0.403. The van der Waals surface area contributed by atoms with Crippen molar-refractivity contribution in [3.63, 3.8) is 0 Å². The zero-order valence-electron chi connectivity index (χ0n) is 15.7. The van der Waals surface area contributed by atoms with Crippen LogP contribution in [0.1, 0.15) is 11.1 Å². The Kier molecular flexibility index (Phi) is 10.7. The van der Waals surface area contributed by atoms with E-state index in [9.17, 15) is 0 Å². The summed E-state index contributed by atoms with van der Waals surface area (Å²) in [6.07, 6.45) is 3.83. The zero-order valence-corrected chi connectivity index (χ0v) is 15.7. The van der Waals surface area contributed by atoms with E-state index in [2.05, 4.69) is 44.9 Å². The topological polar surface area (TPSA) is 185 Å². The van der Waals surface area contributed by atoms with Gasteiger partial charge in [-0.1, -0.05) is 30.3 Å². The second-order valence-electron chi connectivity index (χ2n) is 5.53. The first kappa shape index (κ1) is 23.6. The number of hydrogen-bond acceptors (Lipinski definition) is 8. The summed E-state index contributed by atoms with van der Waals surface area (Å²) >= 11 is 0. The van der Waals surface area contributed by atoms with Crippen molar-refractivity contribution in [2.24, 2.45) is 0 Å². The van der Waals surface area contributed by atoms with Gasteiger partial charge in [-0.05, 0) is 29.3 Å². The molecule has 12 heteroatoms. The summed E-state index contributed by atoms with van der Waals surface area (Å²) in [5.41, 5.74) is 2.52. The Hall–Kier alpha value is -4.48. The molecule has 1 aromatic carbocycles. The number of pyridine rings is 2. The molecule has 3 aromatic rings. The van der Waals surface area contributed by atoms with Gasteiger partial charge in [-0.25, -0.2) is 9.97 Å². The largest absolute Gasteiger partial charge is 0.356 e. The Bertz CT molecular complexity index is 819. The molecule has 0 aliphatic rings. The summed E-state index contributed by atoms with van der Waals surface area (Å²) in [5, 5.41) is 36.3. The first-order valence-electron chi connectivity index (χ1n) is 8.49. The molecule has 2 heterocycles. The number of benzene rings is 1. The zero-order chi connectivity index (χ0) is 22.2. The highest BCUT2D eigenvalue weighted by Gasteiger charge is 2.04. The Morgan fingerprint density at radius 3 is 1.40 bits per heavy atom. The van der Waals surface area contributed by atoms with Crippen LogP contribution in [0, 0.1) is 30.6 Å². The normalized spacial score (nSPS) is 9.07. The minimum Gasteiger partial charge on any atom is -0.356 e. The molecule has 0 atom stereocenters. The summed E-state index contributed by atoms with van der Waals surface area (Å²) in [4.78, 5) is 22.8. The molecule has 0 aliphatic heterocycles. The van der Waals surface area contributed by atoms with Gasteiger partial charge in [0.25, 0.3) is 11.6 Å². The molecule has 30 heavy (non-hydrogen) atoms. The van der Waals surface area contributed by atoms with E-state index in [0.717, 1.165) is 24.7 Å². The predicted molar refractivity (Wildman–Crippen MR) is 108 cm³/mol. The average Bonchev–Trinajstić information content (AvgIpc) is 2.72. The van der Waals surface area contributed by atoms with Crippen molar-refractivity contribution in [2.45, 2.75) is 13.1 Å². The van der Waals surface area contributed by atoms with E-state index in [1.165, 1.54) is 11.1 Å². The van der Waals surface area contributed by atoms with Gasteiger partial charge in [0.15, 0.2) is 0 Å². The highest BCUT2D eigenvalue weighted by atomic mass is 16.9. The maximum Gasteiger partial charge on any atom is 0.272 e. The fraction of sp³-hybridized carbons (Fsp3) is 0.111. The maximum atomic E-state index is 8.25. The van der Waals surface area contributed by atoms with E-state index < -0.39 is 10.2 Å². The lowest BCUT2D eigenvalue weighted by Crippen LogP contribution is -2.13. The molecule has 0 aliphatic carbocycles. The summed E-state index contributed by atoms with van der Waals surface area (Å²) in [5.74, 6) is 2.04. The molecule has 0 spiro atoms. The van der Waals surface area contributed by atoms with Crippen molar-refractivity contribution in [1.29, 1.82) is 0 Å². The van der Waals surface area contributed by atoms with Crippen LogP contribution in [-0.2, 0) is 13.1 Å². The van der Waals surface area contributed by atoms with Crippen LogP contribution in [0.5, 0.6) is 0 Å². The van der Waals surface area contributed by atoms with Gasteiger partial charge in [-0.15, -0.1) is 0 Å². The van der Waals surface area contributed by atoms with Gasteiger partial charge in [0.1, 0.15) is 13.1 Å². The van der Waals surface area contributed by atoms with Crippen molar-refractivity contribution in [2.75, 3.05) is 10.6 Å². The fourth-order valence-corrected chi connectivity index (χ4v) is 2.25. The van der Waals surface area contributed by atoms with Crippen LogP contribution < -0.4 is 20.6 Å². The van der Waals surface area contributed by atoms with E-state index >= 15 is 0 Å². The molecule has 0 unspecified atom stereocenters. The number of H-pyrrole nitrogens is 2. The molecule has 0 fully saturated rings. The number of nitrogens with zero attached hydrogens (tertiary/aromatic N) is 2. The quantitative estimate of drug-likeness (QED) is 0.451. The number of nitrogens with one attached hydrogen (secondary N) is 4. The van der Waals surface area contributed by atoms with Crippen molar-refractivity contribution in [3.8, 4) is 0 Å². The van der Waals surface area contributed by atoms with Gasteiger partial charge >= 0.3 is 0 Å². The first-order valence-corrected chi connectivity index (χ1v) is 8.49. The van der Waals surface area contributed by atoms with Crippen LogP contribution in [0.25, 0.3) is 0 Å². The lowest BCUT2D eigenvalue weighted by atomic mass is 10.1.